The van der Waals surface area contributed by atoms with Crippen LogP contribution < -0.4 is 10.6 Å². The van der Waals surface area contributed by atoms with E-state index in [0.717, 1.165) is 22.5 Å². The van der Waals surface area contributed by atoms with Gasteiger partial charge in [0.2, 0.25) is 5.95 Å². The van der Waals surface area contributed by atoms with Gasteiger partial charge in [0.05, 0.1) is 0 Å². The summed E-state index contributed by atoms with van der Waals surface area (Å²) in [7, 11) is 0. The first-order chi connectivity index (χ1) is 7.81. The number of nitrogens with zero attached hydrogens (tertiary/aromatic N) is 3. The molecule has 5 heteroatoms. The number of rotatable bonds is 2. The van der Waals surface area contributed by atoms with Crippen molar-refractivity contribution in [3.63, 3.8) is 0 Å². The van der Waals surface area contributed by atoms with Crippen LogP contribution in [0.3, 0.4) is 0 Å². The van der Waals surface area contributed by atoms with E-state index < -0.39 is 0 Å². The van der Waals surface area contributed by atoms with Crippen molar-refractivity contribution in [2.24, 2.45) is 5.73 Å². The standard InChI is InChI=1S/C11H17IN4/c12-9-7-14-11(15-8-9)16-5-3-1-2-4-10(16)6-13/h7-8,10H,1-6,13H2. The first kappa shape index (κ1) is 12.0. The smallest absolute Gasteiger partial charge is 0.225 e. The Labute approximate surface area is 110 Å². The third-order valence-corrected chi connectivity index (χ3v) is 3.57. The number of aromatic nitrogens is 2. The summed E-state index contributed by atoms with van der Waals surface area (Å²) in [5, 5.41) is 0. The van der Waals surface area contributed by atoms with Gasteiger partial charge in [-0.3, -0.25) is 0 Å². The van der Waals surface area contributed by atoms with Crippen LogP contribution in [0.15, 0.2) is 12.4 Å². The first-order valence-corrected chi connectivity index (χ1v) is 6.83. The second-order valence-electron chi connectivity index (χ2n) is 4.13. The lowest BCUT2D eigenvalue weighted by molar-refractivity contribution is 0.570. The Kier molecular flexibility index (Phi) is 4.34. The highest BCUT2D eigenvalue weighted by Crippen LogP contribution is 2.20. The van der Waals surface area contributed by atoms with Crippen LogP contribution in [0.5, 0.6) is 0 Å². The minimum atomic E-state index is 0.405. The lowest BCUT2D eigenvalue weighted by Crippen LogP contribution is -2.41. The van der Waals surface area contributed by atoms with E-state index in [4.69, 9.17) is 5.73 Å². The highest BCUT2D eigenvalue weighted by Gasteiger charge is 2.21. The SMILES string of the molecule is NCC1CCCCCN1c1ncc(I)cn1. The lowest BCUT2D eigenvalue weighted by Gasteiger charge is -2.28. The molecular formula is C11H17IN4. The van der Waals surface area contributed by atoms with Crippen LogP contribution in [0.1, 0.15) is 25.7 Å². The molecule has 0 aromatic carbocycles. The Hall–Kier alpha value is -0.430. The number of nitrogens with two attached hydrogens (primary N) is 1. The summed E-state index contributed by atoms with van der Waals surface area (Å²) in [6, 6.07) is 0.405. The molecule has 1 aromatic rings. The molecule has 1 aromatic heterocycles. The minimum Gasteiger partial charge on any atom is -0.337 e. The zero-order valence-electron chi connectivity index (χ0n) is 9.27. The highest BCUT2D eigenvalue weighted by atomic mass is 127. The van der Waals surface area contributed by atoms with Gasteiger partial charge in [0.15, 0.2) is 0 Å². The van der Waals surface area contributed by atoms with Gasteiger partial charge in [-0.15, -0.1) is 0 Å². The van der Waals surface area contributed by atoms with Gasteiger partial charge < -0.3 is 10.6 Å². The van der Waals surface area contributed by atoms with Crippen molar-refractivity contribution in [2.45, 2.75) is 31.7 Å². The molecule has 2 N–H and O–H groups in total. The van der Waals surface area contributed by atoms with Crippen molar-refractivity contribution < 1.29 is 0 Å². The van der Waals surface area contributed by atoms with E-state index in [1.165, 1.54) is 19.3 Å². The van der Waals surface area contributed by atoms with Crippen LogP contribution >= 0.6 is 22.6 Å². The summed E-state index contributed by atoms with van der Waals surface area (Å²) in [6.07, 6.45) is 8.65. The van der Waals surface area contributed by atoms with Gasteiger partial charge in [0.25, 0.3) is 0 Å². The zero-order chi connectivity index (χ0) is 11.4. The first-order valence-electron chi connectivity index (χ1n) is 5.75. The predicted molar refractivity (Wildman–Crippen MR) is 73.4 cm³/mol. The molecule has 0 spiro atoms. The van der Waals surface area contributed by atoms with Gasteiger partial charge in [-0.2, -0.15) is 0 Å². The third-order valence-electron chi connectivity index (χ3n) is 3.01. The average molecular weight is 332 g/mol. The second-order valence-corrected chi connectivity index (χ2v) is 5.38. The summed E-state index contributed by atoms with van der Waals surface area (Å²) in [6.45, 7) is 1.72. The molecule has 1 aliphatic heterocycles. The van der Waals surface area contributed by atoms with Crippen LogP contribution in [0.2, 0.25) is 0 Å². The molecule has 1 saturated heterocycles. The Balaban J connectivity index is 2.18. The number of anilines is 1. The van der Waals surface area contributed by atoms with Gasteiger partial charge >= 0.3 is 0 Å². The molecule has 0 amide bonds. The van der Waals surface area contributed by atoms with Gasteiger partial charge in [0, 0.05) is 35.1 Å². The number of hydrogen-bond donors (Lipinski definition) is 1. The van der Waals surface area contributed by atoms with E-state index in [1.807, 2.05) is 12.4 Å². The molecule has 1 fully saturated rings. The van der Waals surface area contributed by atoms with E-state index >= 15 is 0 Å². The van der Waals surface area contributed by atoms with E-state index in [9.17, 15) is 0 Å². The molecule has 2 rings (SSSR count). The summed E-state index contributed by atoms with van der Waals surface area (Å²) in [5.74, 6) is 0.831. The maximum Gasteiger partial charge on any atom is 0.225 e. The Morgan fingerprint density at radius 2 is 2.06 bits per heavy atom. The molecule has 0 radical (unpaired) electrons. The molecule has 16 heavy (non-hydrogen) atoms. The molecule has 4 nitrogen and oxygen atoms in total. The fourth-order valence-electron chi connectivity index (χ4n) is 2.14. The van der Waals surface area contributed by atoms with Crippen molar-refractivity contribution in [2.75, 3.05) is 18.0 Å². The molecule has 1 atom stereocenters. The molecule has 1 unspecified atom stereocenters. The lowest BCUT2D eigenvalue weighted by atomic mass is 10.1. The molecular weight excluding hydrogens is 315 g/mol. The summed E-state index contributed by atoms with van der Waals surface area (Å²) >= 11 is 2.22. The molecule has 88 valence electrons. The largest absolute Gasteiger partial charge is 0.337 e. The monoisotopic (exact) mass is 332 g/mol. The molecule has 2 heterocycles. The molecule has 0 saturated carbocycles. The normalized spacial score (nSPS) is 21.9. The fraction of sp³-hybridized carbons (Fsp3) is 0.636. The van der Waals surface area contributed by atoms with Crippen LogP contribution in [0.25, 0.3) is 0 Å². The van der Waals surface area contributed by atoms with Gasteiger partial charge in [-0.05, 0) is 35.4 Å². The molecule has 0 bridgehead atoms. The van der Waals surface area contributed by atoms with Gasteiger partial charge in [-0.25, -0.2) is 9.97 Å². The minimum absolute atomic E-state index is 0.405. The summed E-state index contributed by atoms with van der Waals surface area (Å²) in [4.78, 5) is 11.1. The van der Waals surface area contributed by atoms with E-state index in [1.54, 1.807) is 0 Å². The van der Waals surface area contributed by atoms with Crippen molar-refractivity contribution in [3.05, 3.63) is 16.0 Å². The van der Waals surface area contributed by atoms with Crippen molar-refractivity contribution in [1.82, 2.24) is 9.97 Å². The molecule has 1 aliphatic rings. The molecule has 0 aliphatic carbocycles. The Bertz CT molecular complexity index is 327. The number of hydrogen-bond acceptors (Lipinski definition) is 4. The maximum atomic E-state index is 5.83. The van der Waals surface area contributed by atoms with Crippen LogP contribution in [0, 0.1) is 3.57 Å². The van der Waals surface area contributed by atoms with Crippen LogP contribution in [0.4, 0.5) is 5.95 Å². The van der Waals surface area contributed by atoms with Crippen molar-refractivity contribution >= 4 is 28.5 Å². The maximum absolute atomic E-state index is 5.83. The fourth-order valence-corrected chi connectivity index (χ4v) is 2.42. The number of halogens is 1. The van der Waals surface area contributed by atoms with Gasteiger partial charge in [-0.1, -0.05) is 12.8 Å². The zero-order valence-corrected chi connectivity index (χ0v) is 11.4. The quantitative estimate of drug-likeness (QED) is 0.839. The van der Waals surface area contributed by atoms with Crippen molar-refractivity contribution in [3.8, 4) is 0 Å². The average Bonchev–Trinajstić information content (AvgIpc) is 2.55. The van der Waals surface area contributed by atoms with Crippen molar-refractivity contribution in [1.29, 1.82) is 0 Å². The third kappa shape index (κ3) is 2.82. The van der Waals surface area contributed by atoms with E-state index in [0.29, 0.717) is 12.6 Å². The summed E-state index contributed by atoms with van der Waals surface area (Å²) in [5.41, 5.74) is 5.83. The second kappa shape index (κ2) is 5.77. The van der Waals surface area contributed by atoms with E-state index in [-0.39, 0.29) is 0 Å². The van der Waals surface area contributed by atoms with E-state index in [2.05, 4.69) is 37.5 Å². The van der Waals surface area contributed by atoms with Crippen LogP contribution in [-0.4, -0.2) is 29.1 Å². The Morgan fingerprint density at radius 1 is 1.31 bits per heavy atom. The topological polar surface area (TPSA) is 55.0 Å². The van der Waals surface area contributed by atoms with Gasteiger partial charge in [0.1, 0.15) is 0 Å². The predicted octanol–water partition coefficient (Wildman–Crippen LogP) is 1.79. The highest BCUT2D eigenvalue weighted by molar-refractivity contribution is 14.1. The summed E-state index contributed by atoms with van der Waals surface area (Å²) < 4.78 is 1.07. The Morgan fingerprint density at radius 3 is 2.75 bits per heavy atom. The van der Waals surface area contributed by atoms with Crippen LogP contribution in [-0.2, 0) is 0 Å².